The smallest absolute Gasteiger partial charge is 0.220 e. The summed E-state index contributed by atoms with van der Waals surface area (Å²) in [4.78, 5) is 11.9. The molecule has 0 aromatic heterocycles. The van der Waals surface area contributed by atoms with Gasteiger partial charge in [-0.25, -0.2) is 0 Å². The second kappa shape index (κ2) is 10.2. The lowest BCUT2D eigenvalue weighted by atomic mass is 9.88. The summed E-state index contributed by atoms with van der Waals surface area (Å²) in [5, 5.41) is 3.09. The van der Waals surface area contributed by atoms with E-state index < -0.39 is 0 Å². The normalized spacial score (nSPS) is 14.4. The lowest BCUT2D eigenvalue weighted by Gasteiger charge is -2.33. The maximum Gasteiger partial charge on any atom is 0.220 e. The highest BCUT2D eigenvalue weighted by Crippen LogP contribution is 2.15. The van der Waals surface area contributed by atoms with E-state index in [0.29, 0.717) is 18.9 Å². The molecule has 114 valence electrons. The van der Waals surface area contributed by atoms with Crippen LogP contribution in [0.1, 0.15) is 79.1 Å². The van der Waals surface area contributed by atoms with Gasteiger partial charge in [0.2, 0.25) is 5.91 Å². The van der Waals surface area contributed by atoms with Crippen LogP contribution in [0.25, 0.3) is 0 Å². The second-order valence-electron chi connectivity index (χ2n) is 6.20. The standard InChI is InChI=1S/C16H34N2O/c1-5-6-7-8-9-10-11-12-15(19)18-16(4,13-17)14(2)3/h14H,5-13,17H2,1-4H3,(H,18,19). The second-order valence-corrected chi connectivity index (χ2v) is 6.20. The molecule has 1 atom stereocenters. The molecule has 0 aromatic rings. The van der Waals surface area contributed by atoms with Crippen LogP contribution in [-0.4, -0.2) is 18.0 Å². The van der Waals surface area contributed by atoms with Gasteiger partial charge in [0.05, 0.1) is 5.54 Å². The Morgan fingerprint density at radius 1 is 1.11 bits per heavy atom. The van der Waals surface area contributed by atoms with Crippen LogP contribution in [0.4, 0.5) is 0 Å². The molecule has 1 amide bonds. The molecule has 0 spiro atoms. The average Bonchev–Trinajstić information content (AvgIpc) is 2.37. The Kier molecular flexibility index (Phi) is 9.94. The van der Waals surface area contributed by atoms with Crippen molar-refractivity contribution >= 4 is 5.91 Å². The zero-order valence-corrected chi connectivity index (χ0v) is 13.4. The summed E-state index contributed by atoms with van der Waals surface area (Å²) in [6.45, 7) is 8.95. The first-order valence-corrected chi connectivity index (χ1v) is 7.97. The SMILES string of the molecule is CCCCCCCCCC(=O)NC(C)(CN)C(C)C. The minimum atomic E-state index is -0.266. The fourth-order valence-corrected chi connectivity index (χ4v) is 2.05. The van der Waals surface area contributed by atoms with Crippen LogP contribution in [0.5, 0.6) is 0 Å². The zero-order valence-electron chi connectivity index (χ0n) is 13.4. The van der Waals surface area contributed by atoms with Crippen molar-refractivity contribution in [1.29, 1.82) is 0 Å². The summed E-state index contributed by atoms with van der Waals surface area (Å²) < 4.78 is 0. The molecular formula is C16H34N2O. The Balaban J connectivity index is 3.70. The molecular weight excluding hydrogens is 236 g/mol. The summed E-state index contributed by atoms with van der Waals surface area (Å²) in [6.07, 6.45) is 9.32. The van der Waals surface area contributed by atoms with Crippen molar-refractivity contribution in [3.8, 4) is 0 Å². The monoisotopic (exact) mass is 270 g/mol. The molecule has 19 heavy (non-hydrogen) atoms. The molecule has 0 bridgehead atoms. The molecule has 0 aromatic carbocycles. The molecule has 3 N–H and O–H groups in total. The van der Waals surface area contributed by atoms with E-state index in [-0.39, 0.29) is 11.4 Å². The highest BCUT2D eigenvalue weighted by atomic mass is 16.1. The van der Waals surface area contributed by atoms with E-state index in [4.69, 9.17) is 5.73 Å². The molecule has 0 saturated carbocycles. The largest absolute Gasteiger partial charge is 0.349 e. The molecule has 0 rings (SSSR count). The number of carbonyl (C=O) groups is 1. The van der Waals surface area contributed by atoms with Crippen LogP contribution in [-0.2, 0) is 4.79 Å². The number of nitrogens with one attached hydrogen (secondary N) is 1. The van der Waals surface area contributed by atoms with Gasteiger partial charge in [-0.1, -0.05) is 59.3 Å². The summed E-state index contributed by atoms with van der Waals surface area (Å²) >= 11 is 0. The summed E-state index contributed by atoms with van der Waals surface area (Å²) in [5.41, 5.74) is 5.50. The third-order valence-corrected chi connectivity index (χ3v) is 4.13. The number of rotatable bonds is 11. The van der Waals surface area contributed by atoms with Crippen LogP contribution >= 0.6 is 0 Å². The molecule has 0 fully saturated rings. The van der Waals surface area contributed by atoms with Gasteiger partial charge >= 0.3 is 0 Å². The van der Waals surface area contributed by atoms with Crippen LogP contribution in [0.15, 0.2) is 0 Å². The van der Waals surface area contributed by atoms with E-state index in [0.717, 1.165) is 12.8 Å². The van der Waals surface area contributed by atoms with Crippen molar-refractivity contribution in [1.82, 2.24) is 5.32 Å². The molecule has 3 heteroatoms. The van der Waals surface area contributed by atoms with Crippen molar-refractivity contribution in [2.75, 3.05) is 6.54 Å². The van der Waals surface area contributed by atoms with Gasteiger partial charge in [0, 0.05) is 13.0 Å². The molecule has 0 aliphatic rings. The van der Waals surface area contributed by atoms with E-state index in [9.17, 15) is 4.79 Å². The van der Waals surface area contributed by atoms with Gasteiger partial charge in [0.1, 0.15) is 0 Å². The number of nitrogens with two attached hydrogens (primary N) is 1. The number of amides is 1. The third kappa shape index (κ3) is 8.25. The third-order valence-electron chi connectivity index (χ3n) is 4.13. The van der Waals surface area contributed by atoms with Crippen LogP contribution in [0, 0.1) is 5.92 Å². The molecule has 1 unspecified atom stereocenters. The number of unbranched alkanes of at least 4 members (excludes halogenated alkanes) is 6. The predicted molar refractivity (Wildman–Crippen MR) is 83.1 cm³/mol. The lowest BCUT2D eigenvalue weighted by Crippen LogP contribution is -2.54. The van der Waals surface area contributed by atoms with E-state index >= 15 is 0 Å². The fourth-order valence-electron chi connectivity index (χ4n) is 2.05. The number of hydrogen-bond donors (Lipinski definition) is 2. The average molecular weight is 270 g/mol. The summed E-state index contributed by atoms with van der Waals surface area (Å²) in [7, 11) is 0. The maximum atomic E-state index is 11.9. The van der Waals surface area contributed by atoms with Crippen molar-refractivity contribution in [2.45, 2.75) is 84.6 Å². The minimum Gasteiger partial charge on any atom is -0.349 e. The molecule has 0 aliphatic carbocycles. The van der Waals surface area contributed by atoms with Crippen molar-refractivity contribution in [3.05, 3.63) is 0 Å². The zero-order chi connectivity index (χ0) is 14.7. The molecule has 0 radical (unpaired) electrons. The maximum absolute atomic E-state index is 11.9. The molecule has 3 nitrogen and oxygen atoms in total. The summed E-state index contributed by atoms with van der Waals surface area (Å²) in [5.74, 6) is 0.505. The van der Waals surface area contributed by atoms with Gasteiger partial charge in [0.15, 0.2) is 0 Å². The molecule has 0 aliphatic heterocycles. The quantitative estimate of drug-likeness (QED) is 0.563. The molecule has 0 saturated heterocycles. The van der Waals surface area contributed by atoms with Crippen molar-refractivity contribution < 1.29 is 4.79 Å². The fraction of sp³-hybridized carbons (Fsp3) is 0.938. The van der Waals surface area contributed by atoms with Gasteiger partial charge in [-0.15, -0.1) is 0 Å². The Morgan fingerprint density at radius 3 is 2.11 bits per heavy atom. The topological polar surface area (TPSA) is 55.1 Å². The molecule has 0 heterocycles. The van der Waals surface area contributed by atoms with Crippen LogP contribution in [0.3, 0.4) is 0 Å². The Labute approximate surface area is 119 Å². The first kappa shape index (κ1) is 18.4. The Bertz CT molecular complexity index is 241. The minimum absolute atomic E-state index is 0.148. The van der Waals surface area contributed by atoms with Crippen LogP contribution < -0.4 is 11.1 Å². The van der Waals surface area contributed by atoms with Gasteiger partial charge in [0.25, 0.3) is 0 Å². The van der Waals surface area contributed by atoms with Gasteiger partial charge in [-0.2, -0.15) is 0 Å². The predicted octanol–water partition coefficient (Wildman–Crippen LogP) is 3.62. The highest BCUT2D eigenvalue weighted by molar-refractivity contribution is 5.76. The number of hydrogen-bond acceptors (Lipinski definition) is 2. The van der Waals surface area contributed by atoms with Crippen LogP contribution in [0.2, 0.25) is 0 Å². The summed E-state index contributed by atoms with van der Waals surface area (Å²) in [6, 6.07) is 0. The van der Waals surface area contributed by atoms with E-state index in [1.165, 1.54) is 32.1 Å². The first-order chi connectivity index (χ1) is 8.96. The van der Waals surface area contributed by atoms with Gasteiger partial charge in [-0.3, -0.25) is 4.79 Å². The number of carbonyl (C=O) groups excluding carboxylic acids is 1. The van der Waals surface area contributed by atoms with Gasteiger partial charge < -0.3 is 11.1 Å². The Morgan fingerprint density at radius 2 is 1.63 bits per heavy atom. The Hall–Kier alpha value is -0.570. The van der Waals surface area contributed by atoms with Crippen molar-refractivity contribution in [2.24, 2.45) is 11.7 Å². The first-order valence-electron chi connectivity index (χ1n) is 7.97. The highest BCUT2D eigenvalue weighted by Gasteiger charge is 2.27. The van der Waals surface area contributed by atoms with E-state index in [1.807, 2.05) is 6.92 Å². The lowest BCUT2D eigenvalue weighted by molar-refractivity contribution is -0.123. The van der Waals surface area contributed by atoms with E-state index in [2.05, 4.69) is 26.1 Å². The van der Waals surface area contributed by atoms with Gasteiger partial charge in [-0.05, 0) is 19.3 Å². The van der Waals surface area contributed by atoms with E-state index in [1.54, 1.807) is 0 Å². The van der Waals surface area contributed by atoms with Crippen molar-refractivity contribution in [3.63, 3.8) is 0 Å².